The van der Waals surface area contributed by atoms with Crippen molar-refractivity contribution < 1.29 is 4.74 Å². The van der Waals surface area contributed by atoms with Crippen molar-refractivity contribution >= 4 is 0 Å². The molecule has 15 heavy (non-hydrogen) atoms. The molecular formula is C13H21NO. The van der Waals surface area contributed by atoms with Crippen molar-refractivity contribution in [3.05, 3.63) is 35.4 Å². The minimum atomic E-state index is 0.316. The largest absolute Gasteiger partial charge is 0.383 e. The van der Waals surface area contributed by atoms with Crippen LogP contribution in [0.1, 0.15) is 30.5 Å². The van der Waals surface area contributed by atoms with Gasteiger partial charge in [0, 0.05) is 7.11 Å². The lowest BCUT2D eigenvalue weighted by Crippen LogP contribution is -2.26. The molecule has 84 valence electrons. The molecule has 0 heterocycles. The fraction of sp³-hybridized carbons (Fsp3) is 0.538. The molecule has 1 aromatic rings. The molecule has 0 aliphatic rings. The first-order valence-corrected chi connectivity index (χ1v) is 5.57. The average molecular weight is 207 g/mol. The quantitative estimate of drug-likeness (QED) is 0.774. The van der Waals surface area contributed by atoms with Crippen LogP contribution in [0.5, 0.6) is 0 Å². The van der Waals surface area contributed by atoms with Gasteiger partial charge in [-0.15, -0.1) is 0 Å². The van der Waals surface area contributed by atoms with Crippen LogP contribution in [0.4, 0.5) is 0 Å². The van der Waals surface area contributed by atoms with Gasteiger partial charge in [-0.3, -0.25) is 0 Å². The molecule has 0 aromatic heterocycles. The Kier molecular flexibility index (Phi) is 5.37. The van der Waals surface area contributed by atoms with Crippen molar-refractivity contribution in [1.82, 2.24) is 5.32 Å². The fourth-order valence-corrected chi connectivity index (χ4v) is 1.72. The van der Waals surface area contributed by atoms with E-state index in [0.29, 0.717) is 6.04 Å². The van der Waals surface area contributed by atoms with Crippen LogP contribution in [0.3, 0.4) is 0 Å². The van der Waals surface area contributed by atoms with Gasteiger partial charge in [0.1, 0.15) is 0 Å². The highest BCUT2D eigenvalue weighted by Gasteiger charge is 2.11. The van der Waals surface area contributed by atoms with Crippen molar-refractivity contribution in [2.75, 3.05) is 20.3 Å². The second-order valence-corrected chi connectivity index (χ2v) is 3.82. The fourth-order valence-electron chi connectivity index (χ4n) is 1.72. The Hall–Kier alpha value is -0.860. The van der Waals surface area contributed by atoms with Crippen molar-refractivity contribution in [1.29, 1.82) is 0 Å². The second-order valence-electron chi connectivity index (χ2n) is 3.82. The lowest BCUT2D eigenvalue weighted by Gasteiger charge is -2.19. The Morgan fingerprint density at radius 2 is 2.07 bits per heavy atom. The highest BCUT2D eigenvalue weighted by atomic mass is 16.5. The summed E-state index contributed by atoms with van der Waals surface area (Å²) in [6.45, 7) is 6.08. The molecule has 2 heteroatoms. The summed E-state index contributed by atoms with van der Waals surface area (Å²) in [5.74, 6) is 0. The lowest BCUT2D eigenvalue weighted by molar-refractivity contribution is 0.167. The molecule has 2 nitrogen and oxygen atoms in total. The van der Waals surface area contributed by atoms with Gasteiger partial charge in [-0.05, 0) is 31.0 Å². The molecule has 0 fully saturated rings. The normalized spacial score (nSPS) is 12.7. The summed E-state index contributed by atoms with van der Waals surface area (Å²) >= 11 is 0. The van der Waals surface area contributed by atoms with Crippen molar-refractivity contribution in [2.45, 2.75) is 26.3 Å². The van der Waals surface area contributed by atoms with E-state index in [9.17, 15) is 0 Å². The molecule has 0 bridgehead atoms. The number of aryl methyl sites for hydroxylation is 1. The van der Waals surface area contributed by atoms with Crippen LogP contribution >= 0.6 is 0 Å². The maximum absolute atomic E-state index is 5.25. The summed E-state index contributed by atoms with van der Waals surface area (Å²) in [4.78, 5) is 0. The summed E-state index contributed by atoms with van der Waals surface area (Å²) < 4.78 is 5.25. The van der Waals surface area contributed by atoms with Crippen LogP contribution < -0.4 is 5.32 Å². The number of nitrogens with one attached hydrogen (secondary N) is 1. The van der Waals surface area contributed by atoms with E-state index in [0.717, 1.165) is 19.6 Å². The highest BCUT2D eigenvalue weighted by molar-refractivity contribution is 5.28. The molecule has 1 atom stereocenters. The topological polar surface area (TPSA) is 21.3 Å². The Morgan fingerprint density at radius 1 is 1.33 bits per heavy atom. The van der Waals surface area contributed by atoms with Crippen LogP contribution in [0.2, 0.25) is 0 Å². The minimum Gasteiger partial charge on any atom is -0.383 e. The van der Waals surface area contributed by atoms with E-state index in [1.165, 1.54) is 11.1 Å². The molecular weight excluding hydrogens is 186 g/mol. The lowest BCUT2D eigenvalue weighted by atomic mass is 10.0. The number of ether oxygens (including phenoxy) is 1. The van der Waals surface area contributed by atoms with Gasteiger partial charge in [-0.1, -0.05) is 31.2 Å². The number of rotatable bonds is 6. The monoisotopic (exact) mass is 207 g/mol. The molecule has 0 radical (unpaired) electrons. The number of hydrogen-bond acceptors (Lipinski definition) is 2. The highest BCUT2D eigenvalue weighted by Crippen LogP contribution is 2.17. The van der Waals surface area contributed by atoms with Crippen LogP contribution in [-0.4, -0.2) is 20.3 Å². The van der Waals surface area contributed by atoms with Gasteiger partial charge in [0.05, 0.1) is 12.6 Å². The molecule has 1 unspecified atom stereocenters. The molecule has 0 saturated heterocycles. The van der Waals surface area contributed by atoms with Crippen LogP contribution in [0.15, 0.2) is 24.3 Å². The summed E-state index contributed by atoms with van der Waals surface area (Å²) in [5, 5.41) is 3.50. The van der Waals surface area contributed by atoms with Crippen LogP contribution in [0, 0.1) is 6.92 Å². The van der Waals surface area contributed by atoms with Gasteiger partial charge >= 0.3 is 0 Å². The maximum atomic E-state index is 5.25. The van der Waals surface area contributed by atoms with E-state index >= 15 is 0 Å². The first-order valence-electron chi connectivity index (χ1n) is 5.57. The Bertz CT molecular complexity index is 286. The maximum Gasteiger partial charge on any atom is 0.0657 e. The third kappa shape index (κ3) is 3.65. The molecule has 0 saturated carbocycles. The molecule has 1 aromatic carbocycles. The van der Waals surface area contributed by atoms with Crippen molar-refractivity contribution in [2.24, 2.45) is 0 Å². The summed E-state index contributed by atoms with van der Waals surface area (Å²) in [6, 6.07) is 8.78. The van der Waals surface area contributed by atoms with Crippen molar-refractivity contribution in [3.63, 3.8) is 0 Å². The third-order valence-electron chi connectivity index (χ3n) is 2.54. The van der Waals surface area contributed by atoms with Gasteiger partial charge < -0.3 is 10.1 Å². The Morgan fingerprint density at radius 3 is 2.67 bits per heavy atom. The molecule has 0 aliphatic carbocycles. The van der Waals surface area contributed by atoms with E-state index in [1.807, 2.05) is 0 Å². The zero-order chi connectivity index (χ0) is 11.1. The predicted molar refractivity (Wildman–Crippen MR) is 64.1 cm³/mol. The van der Waals surface area contributed by atoms with Crippen LogP contribution in [0.25, 0.3) is 0 Å². The standard InChI is InChI=1S/C13H21NO/c1-4-9-14-13(10-15-3)12-8-6-5-7-11(12)2/h5-8,13-14H,4,9-10H2,1-3H3. The number of methoxy groups -OCH3 is 1. The third-order valence-corrected chi connectivity index (χ3v) is 2.54. The Balaban J connectivity index is 2.74. The minimum absolute atomic E-state index is 0.316. The van der Waals surface area contributed by atoms with Gasteiger partial charge in [-0.2, -0.15) is 0 Å². The van der Waals surface area contributed by atoms with Gasteiger partial charge in [0.2, 0.25) is 0 Å². The first kappa shape index (κ1) is 12.2. The molecule has 1 N–H and O–H groups in total. The van der Waals surface area contributed by atoms with E-state index < -0.39 is 0 Å². The summed E-state index contributed by atoms with van der Waals surface area (Å²) in [6.07, 6.45) is 1.14. The predicted octanol–water partition coefficient (Wildman–Crippen LogP) is 2.68. The van der Waals surface area contributed by atoms with E-state index in [4.69, 9.17) is 4.74 Å². The summed E-state index contributed by atoms with van der Waals surface area (Å²) in [5.41, 5.74) is 2.66. The second kappa shape index (κ2) is 6.59. The number of hydrogen-bond donors (Lipinski definition) is 1. The molecule has 0 spiro atoms. The molecule has 1 rings (SSSR count). The average Bonchev–Trinajstić information content (AvgIpc) is 2.25. The summed E-state index contributed by atoms with van der Waals surface area (Å²) in [7, 11) is 1.75. The van der Waals surface area contributed by atoms with Gasteiger partial charge in [0.15, 0.2) is 0 Å². The SMILES string of the molecule is CCCNC(COC)c1ccccc1C. The molecule has 0 amide bonds. The van der Waals surface area contributed by atoms with Crippen molar-refractivity contribution in [3.8, 4) is 0 Å². The van der Waals surface area contributed by atoms with Gasteiger partial charge in [0.25, 0.3) is 0 Å². The van der Waals surface area contributed by atoms with E-state index in [2.05, 4.69) is 43.4 Å². The Labute approximate surface area is 92.6 Å². The smallest absolute Gasteiger partial charge is 0.0657 e. The zero-order valence-electron chi connectivity index (χ0n) is 9.92. The van der Waals surface area contributed by atoms with E-state index in [1.54, 1.807) is 7.11 Å². The number of benzene rings is 1. The zero-order valence-corrected chi connectivity index (χ0v) is 9.92. The molecule has 0 aliphatic heterocycles. The van der Waals surface area contributed by atoms with Crippen LogP contribution in [-0.2, 0) is 4.74 Å². The first-order chi connectivity index (χ1) is 7.29. The van der Waals surface area contributed by atoms with Gasteiger partial charge in [-0.25, -0.2) is 0 Å². The van der Waals surface area contributed by atoms with E-state index in [-0.39, 0.29) is 0 Å².